The SMILES string of the molecule is CNCC1CCC(CN2CC3CCCCN3CC2C)O1. The molecule has 20 heavy (non-hydrogen) atoms. The maximum absolute atomic E-state index is 6.17. The van der Waals surface area contributed by atoms with E-state index in [9.17, 15) is 0 Å². The Balaban J connectivity index is 1.50. The number of piperidine rings is 1. The van der Waals surface area contributed by atoms with Gasteiger partial charge in [-0.25, -0.2) is 0 Å². The summed E-state index contributed by atoms with van der Waals surface area (Å²) < 4.78 is 6.17. The predicted octanol–water partition coefficient (Wildman–Crippen LogP) is 1.31. The van der Waals surface area contributed by atoms with Crippen molar-refractivity contribution in [3.63, 3.8) is 0 Å². The second-order valence-electron chi connectivity index (χ2n) is 6.96. The van der Waals surface area contributed by atoms with Crippen molar-refractivity contribution in [2.24, 2.45) is 0 Å². The molecule has 0 aliphatic carbocycles. The van der Waals surface area contributed by atoms with Gasteiger partial charge in [0.2, 0.25) is 0 Å². The predicted molar refractivity (Wildman–Crippen MR) is 82.1 cm³/mol. The van der Waals surface area contributed by atoms with Crippen LogP contribution in [0.4, 0.5) is 0 Å². The number of hydrogen-bond donors (Lipinski definition) is 1. The lowest BCUT2D eigenvalue weighted by Gasteiger charge is -2.48. The number of likely N-dealkylation sites (N-methyl/N-ethyl adjacent to an activating group) is 1. The van der Waals surface area contributed by atoms with E-state index in [-0.39, 0.29) is 0 Å². The van der Waals surface area contributed by atoms with Crippen LogP contribution in [0.1, 0.15) is 39.0 Å². The van der Waals surface area contributed by atoms with Crippen molar-refractivity contribution < 1.29 is 4.74 Å². The molecule has 0 amide bonds. The second-order valence-corrected chi connectivity index (χ2v) is 6.96. The van der Waals surface area contributed by atoms with E-state index in [0.29, 0.717) is 18.2 Å². The van der Waals surface area contributed by atoms with Gasteiger partial charge in [-0.05, 0) is 46.2 Å². The van der Waals surface area contributed by atoms with Crippen molar-refractivity contribution in [2.75, 3.05) is 39.8 Å². The molecule has 0 aromatic carbocycles. The van der Waals surface area contributed by atoms with Gasteiger partial charge in [0.25, 0.3) is 0 Å². The van der Waals surface area contributed by atoms with Gasteiger partial charge in [-0.1, -0.05) is 6.42 Å². The number of hydrogen-bond acceptors (Lipinski definition) is 4. The van der Waals surface area contributed by atoms with E-state index in [2.05, 4.69) is 22.0 Å². The Morgan fingerprint density at radius 1 is 1.10 bits per heavy atom. The fraction of sp³-hybridized carbons (Fsp3) is 1.00. The van der Waals surface area contributed by atoms with E-state index in [1.165, 1.54) is 51.7 Å². The van der Waals surface area contributed by atoms with Gasteiger partial charge in [-0.2, -0.15) is 0 Å². The Kier molecular flexibility index (Phi) is 4.97. The second kappa shape index (κ2) is 6.73. The number of fused-ring (bicyclic) bond motifs is 1. The molecule has 0 saturated carbocycles. The fourth-order valence-electron chi connectivity index (χ4n) is 4.22. The first-order chi connectivity index (χ1) is 9.76. The summed E-state index contributed by atoms with van der Waals surface area (Å²) >= 11 is 0. The highest BCUT2D eigenvalue weighted by molar-refractivity contribution is 4.90. The van der Waals surface area contributed by atoms with Crippen molar-refractivity contribution in [2.45, 2.75) is 63.3 Å². The van der Waals surface area contributed by atoms with E-state index in [1.54, 1.807) is 0 Å². The van der Waals surface area contributed by atoms with Crippen LogP contribution in [0.15, 0.2) is 0 Å². The molecule has 4 atom stereocenters. The minimum Gasteiger partial charge on any atom is -0.372 e. The molecule has 0 spiro atoms. The number of ether oxygens (including phenoxy) is 1. The molecule has 4 unspecified atom stereocenters. The van der Waals surface area contributed by atoms with Gasteiger partial charge in [0.05, 0.1) is 12.2 Å². The van der Waals surface area contributed by atoms with E-state index >= 15 is 0 Å². The maximum Gasteiger partial charge on any atom is 0.0707 e. The highest BCUT2D eigenvalue weighted by Crippen LogP contribution is 2.26. The number of nitrogens with zero attached hydrogens (tertiary/aromatic N) is 2. The van der Waals surface area contributed by atoms with Crippen molar-refractivity contribution in [1.29, 1.82) is 0 Å². The van der Waals surface area contributed by atoms with Crippen LogP contribution in [-0.2, 0) is 4.74 Å². The zero-order valence-corrected chi connectivity index (χ0v) is 13.2. The van der Waals surface area contributed by atoms with E-state index in [1.807, 2.05) is 7.05 Å². The molecule has 3 saturated heterocycles. The van der Waals surface area contributed by atoms with Gasteiger partial charge in [-0.15, -0.1) is 0 Å². The summed E-state index contributed by atoms with van der Waals surface area (Å²) in [5, 5.41) is 3.23. The summed E-state index contributed by atoms with van der Waals surface area (Å²) in [5.41, 5.74) is 0. The molecule has 4 nitrogen and oxygen atoms in total. The smallest absolute Gasteiger partial charge is 0.0707 e. The average molecular weight is 281 g/mol. The molecular weight excluding hydrogens is 250 g/mol. The van der Waals surface area contributed by atoms with Gasteiger partial charge in [-0.3, -0.25) is 9.80 Å². The van der Waals surface area contributed by atoms with Crippen LogP contribution in [0.25, 0.3) is 0 Å². The zero-order valence-electron chi connectivity index (χ0n) is 13.2. The van der Waals surface area contributed by atoms with Gasteiger partial charge in [0.1, 0.15) is 0 Å². The molecule has 3 heterocycles. The van der Waals surface area contributed by atoms with E-state index in [0.717, 1.165) is 19.1 Å². The van der Waals surface area contributed by atoms with Crippen molar-refractivity contribution in [3.8, 4) is 0 Å². The molecule has 3 rings (SSSR count). The summed E-state index contributed by atoms with van der Waals surface area (Å²) in [4.78, 5) is 5.42. The standard InChI is InChI=1S/C16H31N3O/c1-13-10-18-8-4-3-5-14(18)11-19(13)12-16-7-6-15(20-16)9-17-2/h13-17H,3-12H2,1-2H3. The first kappa shape index (κ1) is 14.8. The minimum absolute atomic E-state index is 0.441. The average Bonchev–Trinajstić information content (AvgIpc) is 2.87. The third kappa shape index (κ3) is 3.35. The summed E-state index contributed by atoms with van der Waals surface area (Å²) in [5.74, 6) is 0. The van der Waals surface area contributed by atoms with Crippen LogP contribution in [-0.4, -0.2) is 73.9 Å². The van der Waals surface area contributed by atoms with E-state index < -0.39 is 0 Å². The lowest BCUT2D eigenvalue weighted by molar-refractivity contribution is -0.0264. The molecule has 3 fully saturated rings. The first-order valence-electron chi connectivity index (χ1n) is 8.54. The zero-order chi connectivity index (χ0) is 13.9. The monoisotopic (exact) mass is 281 g/mol. The van der Waals surface area contributed by atoms with Crippen molar-refractivity contribution >= 4 is 0 Å². The highest BCUT2D eigenvalue weighted by Gasteiger charge is 2.35. The minimum atomic E-state index is 0.441. The Labute approximate surface area is 123 Å². The Morgan fingerprint density at radius 3 is 2.80 bits per heavy atom. The molecule has 116 valence electrons. The van der Waals surface area contributed by atoms with Crippen LogP contribution in [0, 0.1) is 0 Å². The van der Waals surface area contributed by atoms with Gasteiger partial charge >= 0.3 is 0 Å². The van der Waals surface area contributed by atoms with Gasteiger partial charge in [0, 0.05) is 38.3 Å². The lowest BCUT2D eigenvalue weighted by Crippen LogP contribution is -2.59. The van der Waals surface area contributed by atoms with Crippen LogP contribution in [0.2, 0.25) is 0 Å². The first-order valence-corrected chi connectivity index (χ1v) is 8.54. The summed E-state index contributed by atoms with van der Waals surface area (Å²) in [6.07, 6.45) is 7.60. The number of rotatable bonds is 4. The largest absolute Gasteiger partial charge is 0.372 e. The summed E-state index contributed by atoms with van der Waals surface area (Å²) in [7, 11) is 2.01. The topological polar surface area (TPSA) is 27.7 Å². The molecule has 0 aromatic heterocycles. The van der Waals surface area contributed by atoms with Crippen LogP contribution in [0.3, 0.4) is 0 Å². The fourth-order valence-corrected chi connectivity index (χ4v) is 4.22. The number of nitrogens with one attached hydrogen (secondary N) is 1. The number of piperazine rings is 1. The molecule has 4 heteroatoms. The van der Waals surface area contributed by atoms with Crippen molar-refractivity contribution in [3.05, 3.63) is 0 Å². The molecule has 0 aromatic rings. The van der Waals surface area contributed by atoms with Crippen molar-refractivity contribution in [1.82, 2.24) is 15.1 Å². The summed E-state index contributed by atoms with van der Waals surface area (Å²) in [6.45, 7) is 8.39. The molecule has 0 bridgehead atoms. The maximum atomic E-state index is 6.17. The van der Waals surface area contributed by atoms with Crippen LogP contribution in [0.5, 0.6) is 0 Å². The quantitative estimate of drug-likeness (QED) is 0.841. The summed E-state index contributed by atoms with van der Waals surface area (Å²) in [6, 6.07) is 1.51. The van der Waals surface area contributed by atoms with Crippen LogP contribution >= 0.6 is 0 Å². The third-order valence-corrected chi connectivity index (χ3v) is 5.38. The Bertz CT molecular complexity index is 312. The Morgan fingerprint density at radius 2 is 1.95 bits per heavy atom. The molecule has 3 aliphatic rings. The van der Waals surface area contributed by atoms with E-state index in [4.69, 9.17) is 4.74 Å². The lowest BCUT2D eigenvalue weighted by atomic mass is 9.97. The molecule has 1 N–H and O–H groups in total. The third-order valence-electron chi connectivity index (χ3n) is 5.38. The van der Waals surface area contributed by atoms with Crippen LogP contribution < -0.4 is 5.32 Å². The Hall–Kier alpha value is -0.160. The van der Waals surface area contributed by atoms with Gasteiger partial charge in [0.15, 0.2) is 0 Å². The molecule has 3 aliphatic heterocycles. The molecule has 0 radical (unpaired) electrons. The molecular formula is C16H31N3O. The van der Waals surface area contributed by atoms with Gasteiger partial charge < -0.3 is 10.1 Å². The normalized spacial score (nSPS) is 39.9. The highest BCUT2D eigenvalue weighted by atomic mass is 16.5.